The third-order valence-electron chi connectivity index (χ3n) is 1.84. The van der Waals surface area contributed by atoms with Gasteiger partial charge in [0.25, 0.3) is 0 Å². The van der Waals surface area contributed by atoms with E-state index in [1.165, 1.54) is 0 Å². The highest BCUT2D eigenvalue weighted by Gasteiger charge is 2.24. The standard InChI is InChI=1S/C13H26O6/c1-7-8-9-11(14)16-19-18-13(5,6)10-15-17-12(2,3)4/h7-10H2,1-6H3. The summed E-state index contributed by atoms with van der Waals surface area (Å²) < 4.78 is 0. The molecule has 0 saturated heterocycles. The molecule has 0 aliphatic rings. The lowest BCUT2D eigenvalue weighted by Crippen LogP contribution is -2.33. The second-order valence-corrected chi connectivity index (χ2v) is 5.93. The Morgan fingerprint density at radius 3 is 2.21 bits per heavy atom. The van der Waals surface area contributed by atoms with Crippen LogP contribution in [0.1, 0.15) is 60.8 Å². The van der Waals surface area contributed by atoms with Crippen molar-refractivity contribution < 1.29 is 29.4 Å². The molecule has 0 aliphatic carbocycles. The van der Waals surface area contributed by atoms with Crippen LogP contribution in [0.3, 0.4) is 0 Å². The summed E-state index contributed by atoms with van der Waals surface area (Å²) in [6.45, 7) is 11.2. The Kier molecular flexibility index (Phi) is 8.17. The Bertz CT molecular complexity index is 256. The first-order valence-corrected chi connectivity index (χ1v) is 6.52. The van der Waals surface area contributed by atoms with Gasteiger partial charge in [-0.25, -0.2) is 14.6 Å². The molecule has 0 heterocycles. The van der Waals surface area contributed by atoms with Gasteiger partial charge in [0.1, 0.15) is 12.2 Å². The zero-order valence-corrected chi connectivity index (χ0v) is 12.8. The largest absolute Gasteiger partial charge is 0.345 e. The van der Waals surface area contributed by atoms with Crippen LogP contribution in [0, 0.1) is 0 Å². The van der Waals surface area contributed by atoms with E-state index in [4.69, 9.17) is 14.7 Å². The molecule has 0 spiro atoms. The molecule has 0 radical (unpaired) electrons. The zero-order chi connectivity index (χ0) is 14.9. The Labute approximate surface area is 115 Å². The Morgan fingerprint density at radius 1 is 1.05 bits per heavy atom. The Morgan fingerprint density at radius 2 is 1.68 bits per heavy atom. The first-order valence-electron chi connectivity index (χ1n) is 6.52. The lowest BCUT2D eigenvalue weighted by Gasteiger charge is -2.24. The van der Waals surface area contributed by atoms with Crippen molar-refractivity contribution in [2.75, 3.05) is 6.61 Å². The fraction of sp³-hybridized carbons (Fsp3) is 0.923. The SMILES string of the molecule is CCCCC(=O)OOOC(C)(C)COOC(C)(C)C. The van der Waals surface area contributed by atoms with Gasteiger partial charge in [0.2, 0.25) is 0 Å². The van der Waals surface area contributed by atoms with Crippen molar-refractivity contribution in [3.8, 4) is 0 Å². The minimum Gasteiger partial charge on any atom is -0.269 e. The van der Waals surface area contributed by atoms with E-state index in [1.807, 2.05) is 27.7 Å². The van der Waals surface area contributed by atoms with Gasteiger partial charge in [-0.3, -0.25) is 4.89 Å². The van der Waals surface area contributed by atoms with Crippen LogP contribution >= 0.6 is 0 Å². The molecule has 0 fully saturated rings. The van der Waals surface area contributed by atoms with Gasteiger partial charge in [0.05, 0.1) is 5.60 Å². The van der Waals surface area contributed by atoms with Crippen LogP contribution in [0.5, 0.6) is 0 Å². The summed E-state index contributed by atoms with van der Waals surface area (Å²) in [7, 11) is 0. The van der Waals surface area contributed by atoms with Crippen LogP contribution in [0.15, 0.2) is 0 Å². The first-order chi connectivity index (χ1) is 8.66. The quantitative estimate of drug-likeness (QED) is 0.477. The number of carbonyl (C=O) groups is 1. The summed E-state index contributed by atoms with van der Waals surface area (Å²) in [6.07, 6.45) is 1.98. The van der Waals surface area contributed by atoms with Gasteiger partial charge in [-0.2, -0.15) is 4.89 Å². The van der Waals surface area contributed by atoms with Crippen LogP contribution in [-0.4, -0.2) is 23.8 Å². The van der Waals surface area contributed by atoms with Crippen molar-refractivity contribution in [3.63, 3.8) is 0 Å². The van der Waals surface area contributed by atoms with Crippen LogP contribution in [0.4, 0.5) is 0 Å². The predicted molar refractivity (Wildman–Crippen MR) is 68.7 cm³/mol. The van der Waals surface area contributed by atoms with E-state index >= 15 is 0 Å². The third kappa shape index (κ3) is 12.1. The van der Waals surface area contributed by atoms with Gasteiger partial charge in [0, 0.05) is 6.42 Å². The van der Waals surface area contributed by atoms with E-state index in [0.717, 1.165) is 12.8 Å². The molecule has 0 bridgehead atoms. The molecule has 6 nitrogen and oxygen atoms in total. The number of hydrogen-bond donors (Lipinski definition) is 0. The van der Waals surface area contributed by atoms with Gasteiger partial charge in [0.15, 0.2) is 0 Å². The van der Waals surface area contributed by atoms with Crippen LogP contribution in [0.25, 0.3) is 0 Å². The van der Waals surface area contributed by atoms with Crippen molar-refractivity contribution in [1.29, 1.82) is 0 Å². The second kappa shape index (κ2) is 8.47. The fourth-order valence-corrected chi connectivity index (χ4v) is 0.882. The molecule has 0 unspecified atom stereocenters. The van der Waals surface area contributed by atoms with Crippen molar-refractivity contribution >= 4 is 5.97 Å². The molecule has 0 amide bonds. The Balaban J connectivity index is 3.75. The van der Waals surface area contributed by atoms with E-state index in [0.29, 0.717) is 6.42 Å². The van der Waals surface area contributed by atoms with Crippen molar-refractivity contribution in [3.05, 3.63) is 0 Å². The molecule has 0 saturated carbocycles. The molecular formula is C13H26O6. The van der Waals surface area contributed by atoms with Crippen LogP contribution < -0.4 is 0 Å². The number of rotatable bonds is 9. The molecule has 0 aromatic rings. The topological polar surface area (TPSA) is 63.2 Å². The predicted octanol–water partition coefficient (Wildman–Crippen LogP) is 3.11. The molecule has 19 heavy (non-hydrogen) atoms. The summed E-state index contributed by atoms with van der Waals surface area (Å²) in [5.74, 6) is -0.454. The zero-order valence-electron chi connectivity index (χ0n) is 12.8. The van der Waals surface area contributed by atoms with Crippen molar-refractivity contribution in [1.82, 2.24) is 0 Å². The summed E-state index contributed by atoms with van der Waals surface area (Å²) >= 11 is 0. The Hall–Kier alpha value is -0.690. The van der Waals surface area contributed by atoms with E-state index in [2.05, 4.69) is 9.93 Å². The molecule has 6 heteroatoms. The summed E-state index contributed by atoms with van der Waals surface area (Å²) in [5, 5.41) is 4.45. The normalized spacial score (nSPS) is 12.5. The number of hydrogen-bond acceptors (Lipinski definition) is 6. The van der Waals surface area contributed by atoms with Gasteiger partial charge in [-0.1, -0.05) is 13.3 Å². The molecule has 0 rings (SSSR count). The molecule has 0 aromatic carbocycles. The molecule has 0 atom stereocenters. The van der Waals surface area contributed by atoms with Gasteiger partial charge in [-0.05, 0) is 46.1 Å². The van der Waals surface area contributed by atoms with Crippen molar-refractivity contribution in [2.24, 2.45) is 0 Å². The minimum atomic E-state index is -0.795. The molecular weight excluding hydrogens is 252 g/mol. The molecule has 0 N–H and O–H groups in total. The van der Waals surface area contributed by atoms with Gasteiger partial charge < -0.3 is 0 Å². The highest BCUT2D eigenvalue weighted by atomic mass is 17.5. The molecule has 114 valence electrons. The van der Waals surface area contributed by atoms with E-state index in [1.54, 1.807) is 13.8 Å². The summed E-state index contributed by atoms with van der Waals surface area (Å²) in [5.41, 5.74) is -1.19. The maximum Gasteiger partial charge on any atom is 0.345 e. The smallest absolute Gasteiger partial charge is 0.269 e. The van der Waals surface area contributed by atoms with E-state index < -0.39 is 17.2 Å². The highest BCUT2D eigenvalue weighted by Crippen LogP contribution is 2.14. The van der Waals surface area contributed by atoms with Gasteiger partial charge >= 0.3 is 5.97 Å². The highest BCUT2D eigenvalue weighted by molar-refractivity contribution is 5.68. The van der Waals surface area contributed by atoms with Crippen LogP contribution in [0.2, 0.25) is 0 Å². The summed E-state index contributed by atoms with van der Waals surface area (Å²) in [4.78, 5) is 30.7. The monoisotopic (exact) mass is 278 g/mol. The lowest BCUT2D eigenvalue weighted by molar-refractivity contribution is -0.525. The third-order valence-corrected chi connectivity index (χ3v) is 1.84. The van der Waals surface area contributed by atoms with E-state index in [9.17, 15) is 4.79 Å². The first kappa shape index (κ1) is 18.3. The maximum absolute atomic E-state index is 11.2. The lowest BCUT2D eigenvalue weighted by atomic mass is 10.2. The minimum absolute atomic E-state index is 0.136. The average Bonchev–Trinajstić information content (AvgIpc) is 2.23. The maximum atomic E-state index is 11.2. The molecule has 0 aliphatic heterocycles. The number of carbonyl (C=O) groups excluding carboxylic acids is 1. The van der Waals surface area contributed by atoms with Crippen LogP contribution in [-0.2, 0) is 29.4 Å². The fourth-order valence-electron chi connectivity index (χ4n) is 0.882. The number of unbranched alkanes of at least 4 members (excludes halogenated alkanes) is 1. The summed E-state index contributed by atoms with van der Waals surface area (Å²) in [6, 6.07) is 0. The van der Waals surface area contributed by atoms with E-state index in [-0.39, 0.29) is 6.61 Å². The average molecular weight is 278 g/mol. The second-order valence-electron chi connectivity index (χ2n) is 5.93. The van der Waals surface area contributed by atoms with Crippen molar-refractivity contribution in [2.45, 2.75) is 72.0 Å². The van der Waals surface area contributed by atoms with Gasteiger partial charge in [-0.15, -0.1) is 0 Å². The molecule has 0 aromatic heterocycles.